The smallest absolute Gasteiger partial charge is 0.332 e. The molecule has 4 heterocycles. The van der Waals surface area contributed by atoms with Crippen molar-refractivity contribution in [2.24, 2.45) is 5.41 Å². The Balaban J connectivity index is 1.53. The van der Waals surface area contributed by atoms with Gasteiger partial charge in [-0.25, -0.2) is 9.78 Å². The molecular weight excluding hydrogens is 458 g/mol. The van der Waals surface area contributed by atoms with Gasteiger partial charge in [-0.05, 0) is 42.0 Å². The normalized spacial score (nSPS) is 21.2. The zero-order valence-corrected chi connectivity index (χ0v) is 20.5. The number of methoxy groups -OCH3 is 1. The number of hydrogen-bond donors (Lipinski definition) is 0. The van der Waals surface area contributed by atoms with Gasteiger partial charge in [0.1, 0.15) is 11.6 Å². The van der Waals surface area contributed by atoms with E-state index in [1.807, 2.05) is 54.6 Å². The number of anilines is 2. The highest BCUT2D eigenvalue weighted by Gasteiger charge is 2.64. The number of ether oxygens (including phenoxy) is 1. The van der Waals surface area contributed by atoms with Gasteiger partial charge in [-0.3, -0.25) is 19.4 Å². The number of amides is 4. The molecule has 1 spiro atoms. The molecule has 184 valence electrons. The highest BCUT2D eigenvalue weighted by Crippen LogP contribution is 2.47. The van der Waals surface area contributed by atoms with Gasteiger partial charge < -0.3 is 14.5 Å². The Morgan fingerprint density at radius 3 is 2.36 bits per heavy atom. The van der Waals surface area contributed by atoms with E-state index < -0.39 is 29.3 Å². The van der Waals surface area contributed by atoms with Crippen molar-refractivity contribution in [3.8, 4) is 5.75 Å². The van der Waals surface area contributed by atoms with Crippen molar-refractivity contribution in [3.05, 3.63) is 60.2 Å². The first-order valence-electron chi connectivity index (χ1n) is 12.0. The van der Waals surface area contributed by atoms with Gasteiger partial charge in [0.05, 0.1) is 18.7 Å². The van der Waals surface area contributed by atoms with E-state index in [0.29, 0.717) is 25.4 Å². The highest BCUT2D eigenvalue weighted by molar-refractivity contribution is 6.20. The number of aromatic nitrogens is 1. The number of imide groups is 2. The van der Waals surface area contributed by atoms with E-state index in [9.17, 15) is 14.4 Å². The van der Waals surface area contributed by atoms with Crippen LogP contribution in [-0.2, 0) is 16.0 Å². The van der Waals surface area contributed by atoms with Gasteiger partial charge in [0.15, 0.2) is 5.41 Å². The fraction of sp³-hybridized carbons (Fsp3) is 0.333. The van der Waals surface area contributed by atoms with E-state index in [1.165, 1.54) is 14.1 Å². The fourth-order valence-electron chi connectivity index (χ4n) is 5.97. The summed E-state index contributed by atoms with van der Waals surface area (Å²) in [5.41, 5.74) is 1.23. The molecule has 0 unspecified atom stereocenters. The Hall–Kier alpha value is -4.14. The van der Waals surface area contributed by atoms with Gasteiger partial charge in [0.25, 0.3) is 0 Å². The van der Waals surface area contributed by atoms with Crippen LogP contribution in [0.15, 0.2) is 54.6 Å². The molecule has 2 saturated heterocycles. The first-order chi connectivity index (χ1) is 17.3. The minimum absolute atomic E-state index is 0.173. The number of rotatable bonds is 2. The second-order valence-corrected chi connectivity index (χ2v) is 9.68. The number of fused-ring (bicyclic) bond motifs is 5. The van der Waals surface area contributed by atoms with Gasteiger partial charge in [-0.15, -0.1) is 0 Å². The highest BCUT2D eigenvalue weighted by atomic mass is 16.5. The van der Waals surface area contributed by atoms with Crippen LogP contribution >= 0.6 is 0 Å². The summed E-state index contributed by atoms with van der Waals surface area (Å²) in [6.07, 6.45) is 0.173. The average molecular weight is 486 g/mol. The molecule has 3 aliphatic rings. The Morgan fingerprint density at radius 2 is 1.67 bits per heavy atom. The molecule has 6 rings (SSSR count). The summed E-state index contributed by atoms with van der Waals surface area (Å²) in [6, 6.07) is 16.6. The van der Waals surface area contributed by atoms with Crippen molar-refractivity contribution in [2.75, 3.05) is 50.6 Å². The minimum Gasteiger partial charge on any atom is -0.497 e. The third-order valence-corrected chi connectivity index (χ3v) is 7.84. The molecule has 1 aromatic heterocycles. The number of hydrogen-bond acceptors (Lipinski definition) is 7. The summed E-state index contributed by atoms with van der Waals surface area (Å²) < 4.78 is 5.39. The lowest BCUT2D eigenvalue weighted by Gasteiger charge is -2.55. The van der Waals surface area contributed by atoms with Crippen molar-refractivity contribution in [1.29, 1.82) is 0 Å². The Bertz CT molecular complexity index is 1380. The predicted octanol–water partition coefficient (Wildman–Crippen LogP) is 2.53. The average Bonchev–Trinajstić information content (AvgIpc) is 2.92. The molecule has 0 radical (unpaired) electrons. The number of pyridine rings is 1. The molecule has 9 heteroatoms. The van der Waals surface area contributed by atoms with Gasteiger partial charge in [0, 0.05) is 51.2 Å². The van der Waals surface area contributed by atoms with Crippen LogP contribution in [0.2, 0.25) is 0 Å². The monoisotopic (exact) mass is 485 g/mol. The van der Waals surface area contributed by atoms with Crippen molar-refractivity contribution in [2.45, 2.75) is 12.5 Å². The number of piperazine rings is 1. The van der Waals surface area contributed by atoms with Crippen molar-refractivity contribution in [1.82, 2.24) is 14.8 Å². The quantitative estimate of drug-likeness (QED) is 0.516. The van der Waals surface area contributed by atoms with E-state index >= 15 is 0 Å². The fourth-order valence-corrected chi connectivity index (χ4v) is 5.97. The maximum atomic E-state index is 13.9. The van der Waals surface area contributed by atoms with Crippen LogP contribution < -0.4 is 14.5 Å². The van der Waals surface area contributed by atoms with Crippen LogP contribution in [0, 0.1) is 5.41 Å². The van der Waals surface area contributed by atoms with E-state index in [1.54, 1.807) is 7.11 Å². The lowest BCUT2D eigenvalue weighted by molar-refractivity contribution is -0.159. The van der Waals surface area contributed by atoms with Crippen LogP contribution in [0.1, 0.15) is 5.56 Å². The third-order valence-electron chi connectivity index (χ3n) is 7.84. The number of carbonyl (C=O) groups is 3. The summed E-state index contributed by atoms with van der Waals surface area (Å²) in [5.74, 6) is 0.576. The van der Waals surface area contributed by atoms with Crippen LogP contribution in [0.5, 0.6) is 5.75 Å². The molecule has 3 aliphatic heterocycles. The molecule has 0 aliphatic carbocycles. The van der Waals surface area contributed by atoms with Crippen molar-refractivity contribution < 1.29 is 19.1 Å². The third kappa shape index (κ3) is 3.01. The lowest BCUT2D eigenvalue weighted by Crippen LogP contribution is -2.75. The zero-order chi connectivity index (χ0) is 25.2. The lowest BCUT2D eigenvalue weighted by atomic mass is 9.68. The van der Waals surface area contributed by atoms with Crippen LogP contribution in [0.4, 0.5) is 16.3 Å². The largest absolute Gasteiger partial charge is 0.497 e. The van der Waals surface area contributed by atoms with Gasteiger partial charge in [-0.1, -0.05) is 18.2 Å². The SMILES string of the molecule is COc1ccc2nc3c(cc2c1)CC1(C(=O)N(C)C(=O)N(C)C1=O)[C@H]1CN(c2ccccc2)CCN31. The van der Waals surface area contributed by atoms with Gasteiger partial charge >= 0.3 is 6.03 Å². The molecule has 0 bridgehead atoms. The van der Waals surface area contributed by atoms with Crippen LogP contribution in [0.3, 0.4) is 0 Å². The first kappa shape index (κ1) is 22.3. The van der Waals surface area contributed by atoms with Crippen LogP contribution in [0.25, 0.3) is 10.9 Å². The zero-order valence-electron chi connectivity index (χ0n) is 20.5. The maximum absolute atomic E-state index is 13.9. The summed E-state index contributed by atoms with van der Waals surface area (Å²) in [5, 5.41) is 0.873. The molecule has 3 aromatic rings. The van der Waals surface area contributed by atoms with Gasteiger partial charge in [-0.2, -0.15) is 0 Å². The number of benzene rings is 2. The molecule has 2 fully saturated rings. The summed E-state index contributed by atoms with van der Waals surface area (Å²) >= 11 is 0. The number of carbonyl (C=O) groups excluding carboxylic acids is 3. The van der Waals surface area contributed by atoms with Crippen LogP contribution in [-0.4, -0.2) is 79.5 Å². The minimum atomic E-state index is -1.44. The maximum Gasteiger partial charge on any atom is 0.332 e. The Morgan fingerprint density at radius 1 is 0.944 bits per heavy atom. The van der Waals surface area contributed by atoms with Crippen molar-refractivity contribution in [3.63, 3.8) is 0 Å². The molecule has 2 aromatic carbocycles. The van der Waals surface area contributed by atoms with Gasteiger partial charge in [0.2, 0.25) is 11.8 Å². The molecule has 36 heavy (non-hydrogen) atoms. The number of nitrogens with zero attached hydrogens (tertiary/aromatic N) is 5. The van der Waals surface area contributed by atoms with E-state index in [0.717, 1.165) is 37.8 Å². The molecular formula is C27H27N5O4. The van der Waals surface area contributed by atoms with E-state index in [4.69, 9.17) is 9.72 Å². The second-order valence-electron chi connectivity index (χ2n) is 9.68. The predicted molar refractivity (Wildman–Crippen MR) is 135 cm³/mol. The molecule has 4 amide bonds. The second kappa shape index (κ2) is 7.94. The topological polar surface area (TPSA) is 86.3 Å². The number of barbiturate groups is 1. The molecule has 0 saturated carbocycles. The van der Waals surface area contributed by atoms with E-state index in [-0.39, 0.29) is 6.42 Å². The molecule has 1 atom stereocenters. The Labute approximate surface area is 208 Å². The Kier molecular flexibility index (Phi) is 4.93. The van der Waals surface area contributed by atoms with E-state index in [2.05, 4.69) is 9.80 Å². The van der Waals surface area contributed by atoms with Crippen molar-refractivity contribution >= 4 is 40.3 Å². The molecule has 0 N–H and O–H groups in total. The number of para-hydroxylation sites is 1. The summed E-state index contributed by atoms with van der Waals surface area (Å²) in [7, 11) is 4.52. The first-order valence-corrected chi connectivity index (χ1v) is 12.0. The number of urea groups is 1. The summed E-state index contributed by atoms with van der Waals surface area (Å²) in [4.78, 5) is 52.0. The summed E-state index contributed by atoms with van der Waals surface area (Å²) in [6.45, 7) is 1.76. The molecule has 9 nitrogen and oxygen atoms in total. The standard InChI is InChI=1S/C27H27N5O4/c1-29-24(33)27(25(34)30(2)26(29)35)15-18-13-17-14-20(36-3)9-10-21(17)28-23(18)32-12-11-31(16-22(27)32)19-7-5-4-6-8-19/h4-10,13-14,22H,11-12,15-16H2,1-3H3/t22-/m1/s1.